The van der Waals surface area contributed by atoms with E-state index in [1.807, 2.05) is 0 Å². The van der Waals surface area contributed by atoms with Crippen LogP contribution in [0.1, 0.15) is 21.9 Å². The Morgan fingerprint density at radius 2 is 1.79 bits per heavy atom. The second kappa shape index (κ2) is 8.31. The molecule has 1 N–H and O–H groups in total. The first-order valence-electron chi connectivity index (χ1n) is 9.45. The first kappa shape index (κ1) is 23.5. The lowest BCUT2D eigenvalue weighted by molar-refractivity contribution is -0.291. The lowest BCUT2D eigenvalue weighted by Gasteiger charge is -2.21. The van der Waals surface area contributed by atoms with Gasteiger partial charge in [0.1, 0.15) is 11.5 Å². The summed E-state index contributed by atoms with van der Waals surface area (Å²) in [6.45, 7) is -0.109. The standard InChI is InChI=1S/C20H13ClF6N6O/c1-32-15(12(21)8-29-32)9-28-18(34)14-7-17-30-13(10-2-4-11(22)5-3-10)6-16(33(17)31-14)19(23,24)20(25,26)27/h2-8H,9H2,1H3,(H,28,34). The summed E-state index contributed by atoms with van der Waals surface area (Å²) in [4.78, 5) is 16.6. The van der Waals surface area contributed by atoms with Gasteiger partial charge in [0.15, 0.2) is 11.3 Å². The molecule has 14 heteroatoms. The third-order valence-electron chi connectivity index (χ3n) is 4.90. The van der Waals surface area contributed by atoms with Crippen LogP contribution in [0.25, 0.3) is 16.9 Å². The molecule has 34 heavy (non-hydrogen) atoms. The molecule has 0 radical (unpaired) electrons. The monoisotopic (exact) mass is 502 g/mol. The van der Waals surface area contributed by atoms with Crippen molar-refractivity contribution in [3.8, 4) is 11.3 Å². The van der Waals surface area contributed by atoms with Crippen molar-refractivity contribution in [2.45, 2.75) is 18.6 Å². The topological polar surface area (TPSA) is 77.1 Å². The molecule has 7 nitrogen and oxygen atoms in total. The number of nitrogens with zero attached hydrogens (tertiary/aromatic N) is 5. The Balaban J connectivity index is 1.78. The molecular formula is C20H13ClF6N6O. The van der Waals surface area contributed by atoms with Gasteiger partial charge in [0.05, 0.1) is 29.2 Å². The minimum absolute atomic E-state index is 0.0844. The molecule has 4 aromatic rings. The number of nitrogens with one attached hydrogen (secondary N) is 1. The van der Waals surface area contributed by atoms with Crippen molar-refractivity contribution in [2.75, 3.05) is 0 Å². The maximum atomic E-state index is 14.4. The minimum Gasteiger partial charge on any atom is -0.345 e. The van der Waals surface area contributed by atoms with E-state index in [1.54, 1.807) is 7.05 Å². The molecule has 0 bridgehead atoms. The van der Waals surface area contributed by atoms with Crippen LogP contribution in [0.15, 0.2) is 42.6 Å². The highest BCUT2D eigenvalue weighted by Gasteiger charge is 2.60. The molecule has 0 aliphatic rings. The Labute approximate surface area is 192 Å². The maximum absolute atomic E-state index is 14.4. The smallest absolute Gasteiger partial charge is 0.345 e. The SMILES string of the molecule is Cn1ncc(Cl)c1CNC(=O)c1cc2nc(-c3ccc(F)cc3)cc(C(F)(F)C(F)(F)F)n2n1. The van der Waals surface area contributed by atoms with Crippen molar-refractivity contribution in [3.05, 3.63) is 70.5 Å². The van der Waals surface area contributed by atoms with E-state index in [4.69, 9.17) is 11.6 Å². The van der Waals surface area contributed by atoms with Gasteiger partial charge in [0.25, 0.3) is 5.91 Å². The minimum atomic E-state index is -5.95. The molecule has 1 amide bonds. The number of carbonyl (C=O) groups is 1. The number of amides is 1. The zero-order valence-corrected chi connectivity index (χ0v) is 17.8. The van der Waals surface area contributed by atoms with Crippen LogP contribution in [-0.2, 0) is 19.5 Å². The van der Waals surface area contributed by atoms with Crippen LogP contribution in [0, 0.1) is 5.82 Å². The van der Waals surface area contributed by atoms with Crippen molar-refractivity contribution < 1.29 is 31.1 Å². The van der Waals surface area contributed by atoms with Crippen LogP contribution >= 0.6 is 11.6 Å². The van der Waals surface area contributed by atoms with Gasteiger partial charge in [0.2, 0.25) is 0 Å². The van der Waals surface area contributed by atoms with Gasteiger partial charge in [-0.15, -0.1) is 0 Å². The summed E-state index contributed by atoms with van der Waals surface area (Å²) in [5.41, 5.74) is -2.23. The van der Waals surface area contributed by atoms with Crippen LogP contribution in [-0.4, -0.2) is 36.5 Å². The molecule has 4 rings (SSSR count). The number of fused-ring (bicyclic) bond motifs is 1. The van der Waals surface area contributed by atoms with Gasteiger partial charge >= 0.3 is 12.1 Å². The van der Waals surface area contributed by atoms with Gasteiger partial charge in [-0.25, -0.2) is 13.9 Å². The average molecular weight is 503 g/mol. The molecule has 0 spiro atoms. The lowest BCUT2D eigenvalue weighted by atomic mass is 10.1. The van der Waals surface area contributed by atoms with E-state index in [2.05, 4.69) is 20.5 Å². The van der Waals surface area contributed by atoms with Gasteiger partial charge in [-0.3, -0.25) is 9.48 Å². The summed E-state index contributed by atoms with van der Waals surface area (Å²) >= 11 is 5.96. The molecule has 178 valence electrons. The summed E-state index contributed by atoms with van der Waals surface area (Å²) in [6, 6.07) is 5.81. The summed E-state index contributed by atoms with van der Waals surface area (Å²) in [5.74, 6) is -6.83. The van der Waals surface area contributed by atoms with Crippen molar-refractivity contribution in [2.24, 2.45) is 7.05 Å². The van der Waals surface area contributed by atoms with Crippen molar-refractivity contribution in [1.82, 2.24) is 29.7 Å². The Bertz CT molecular complexity index is 1360. The fourth-order valence-corrected chi connectivity index (χ4v) is 3.35. The van der Waals surface area contributed by atoms with E-state index in [9.17, 15) is 31.1 Å². The summed E-state index contributed by atoms with van der Waals surface area (Å²) in [7, 11) is 1.57. The fraction of sp³-hybridized carbons (Fsp3) is 0.200. The maximum Gasteiger partial charge on any atom is 0.459 e. The van der Waals surface area contributed by atoms with Crippen molar-refractivity contribution in [1.29, 1.82) is 0 Å². The van der Waals surface area contributed by atoms with E-state index in [0.717, 1.165) is 18.2 Å². The molecule has 0 aliphatic carbocycles. The van der Waals surface area contributed by atoms with Crippen LogP contribution in [0.4, 0.5) is 26.3 Å². The predicted octanol–water partition coefficient (Wildman–Crippen LogP) is 4.51. The molecule has 1 aromatic carbocycles. The van der Waals surface area contributed by atoms with Crippen LogP contribution in [0.5, 0.6) is 0 Å². The second-order valence-electron chi connectivity index (χ2n) is 7.15. The van der Waals surface area contributed by atoms with E-state index in [-0.39, 0.29) is 27.3 Å². The third kappa shape index (κ3) is 4.18. The first-order chi connectivity index (χ1) is 15.9. The Morgan fingerprint density at radius 3 is 2.38 bits per heavy atom. The molecule has 0 aliphatic heterocycles. The third-order valence-corrected chi connectivity index (χ3v) is 5.22. The van der Waals surface area contributed by atoms with E-state index < -0.39 is 40.9 Å². The number of hydrogen-bond acceptors (Lipinski definition) is 4. The van der Waals surface area contributed by atoms with Crippen molar-refractivity contribution in [3.63, 3.8) is 0 Å². The summed E-state index contributed by atoms with van der Waals surface area (Å²) in [5, 5.41) is 10.2. The predicted molar refractivity (Wildman–Crippen MR) is 108 cm³/mol. The average Bonchev–Trinajstić information content (AvgIpc) is 3.34. The Hall–Kier alpha value is -3.61. The normalized spacial score (nSPS) is 12.4. The summed E-state index contributed by atoms with van der Waals surface area (Å²) in [6.07, 6.45) is -4.60. The molecule has 0 saturated carbocycles. The second-order valence-corrected chi connectivity index (χ2v) is 7.56. The number of carbonyl (C=O) groups excluding carboxylic acids is 1. The Morgan fingerprint density at radius 1 is 1.12 bits per heavy atom. The lowest BCUT2D eigenvalue weighted by Crippen LogP contribution is -2.36. The highest BCUT2D eigenvalue weighted by molar-refractivity contribution is 6.31. The first-order valence-corrected chi connectivity index (χ1v) is 9.82. The van der Waals surface area contributed by atoms with E-state index >= 15 is 0 Å². The van der Waals surface area contributed by atoms with E-state index in [1.165, 1.54) is 23.0 Å². The Kier molecular flexibility index (Phi) is 5.75. The fourth-order valence-electron chi connectivity index (χ4n) is 3.11. The number of hydrogen-bond donors (Lipinski definition) is 1. The molecule has 0 fully saturated rings. The zero-order valence-electron chi connectivity index (χ0n) is 17.0. The number of benzene rings is 1. The summed E-state index contributed by atoms with van der Waals surface area (Å²) < 4.78 is 83.2. The van der Waals surface area contributed by atoms with E-state index in [0.29, 0.717) is 11.8 Å². The van der Waals surface area contributed by atoms with Gasteiger partial charge < -0.3 is 5.32 Å². The molecule has 0 saturated heterocycles. The highest BCUT2D eigenvalue weighted by Crippen LogP contribution is 2.44. The largest absolute Gasteiger partial charge is 0.459 e. The quantitative estimate of drug-likeness (QED) is 0.408. The number of aromatic nitrogens is 5. The number of rotatable bonds is 5. The van der Waals surface area contributed by atoms with Gasteiger partial charge in [0, 0.05) is 18.7 Å². The van der Waals surface area contributed by atoms with Gasteiger partial charge in [-0.1, -0.05) is 11.6 Å². The van der Waals surface area contributed by atoms with Crippen LogP contribution in [0.2, 0.25) is 5.02 Å². The molecule has 0 atom stereocenters. The van der Waals surface area contributed by atoms with Crippen molar-refractivity contribution >= 4 is 23.2 Å². The molecule has 3 heterocycles. The molecule has 0 unspecified atom stereocenters. The number of aryl methyl sites for hydroxylation is 1. The molecular weight excluding hydrogens is 490 g/mol. The number of halogens is 7. The van der Waals surface area contributed by atoms with Crippen LogP contribution < -0.4 is 5.32 Å². The van der Waals surface area contributed by atoms with Gasteiger partial charge in [-0.05, 0) is 30.3 Å². The number of alkyl halides is 5. The zero-order chi connectivity index (χ0) is 24.8. The van der Waals surface area contributed by atoms with Gasteiger partial charge in [-0.2, -0.15) is 32.1 Å². The highest BCUT2D eigenvalue weighted by atomic mass is 35.5. The molecule has 3 aromatic heterocycles. The van der Waals surface area contributed by atoms with Crippen LogP contribution in [0.3, 0.4) is 0 Å².